The van der Waals surface area contributed by atoms with Crippen molar-refractivity contribution in [1.82, 2.24) is 4.90 Å². The Hall–Kier alpha value is -2.36. The second-order valence-corrected chi connectivity index (χ2v) is 6.32. The van der Waals surface area contributed by atoms with Gasteiger partial charge in [-0.15, -0.1) is 0 Å². The second-order valence-electron chi connectivity index (χ2n) is 6.32. The zero-order valence-electron chi connectivity index (χ0n) is 12.9. The first kappa shape index (κ1) is 14.2. The summed E-state index contributed by atoms with van der Waals surface area (Å²) >= 11 is 0. The topological polar surface area (TPSA) is 23.6 Å². The molecular weight excluding hydrogens is 291 g/mol. The van der Waals surface area contributed by atoms with Crippen molar-refractivity contribution in [3.8, 4) is 0 Å². The van der Waals surface area contributed by atoms with Gasteiger partial charge in [0.15, 0.2) is 0 Å². The van der Waals surface area contributed by atoms with Crippen molar-refractivity contribution in [2.45, 2.75) is 18.9 Å². The highest BCUT2D eigenvalue weighted by molar-refractivity contribution is 5.79. The predicted molar refractivity (Wildman–Crippen MR) is 88.0 cm³/mol. The molecule has 0 aliphatic carbocycles. The highest BCUT2D eigenvalue weighted by atomic mass is 19.1. The zero-order chi connectivity index (χ0) is 15.8. The van der Waals surface area contributed by atoms with E-state index in [9.17, 15) is 9.18 Å². The number of piperazine rings is 1. The second kappa shape index (κ2) is 5.69. The van der Waals surface area contributed by atoms with Crippen LogP contribution in [0.1, 0.15) is 11.1 Å². The molecule has 2 aliphatic heterocycles. The Balaban J connectivity index is 1.43. The third-order valence-corrected chi connectivity index (χ3v) is 4.86. The van der Waals surface area contributed by atoms with E-state index in [1.807, 2.05) is 4.90 Å². The Labute approximate surface area is 135 Å². The van der Waals surface area contributed by atoms with Crippen LogP contribution in [0.15, 0.2) is 48.5 Å². The number of amides is 1. The summed E-state index contributed by atoms with van der Waals surface area (Å²) in [5.74, 6) is -0.134. The van der Waals surface area contributed by atoms with E-state index in [4.69, 9.17) is 0 Å². The number of nitrogens with zero attached hydrogens (tertiary/aromatic N) is 2. The highest BCUT2D eigenvalue weighted by Gasteiger charge is 2.35. The fourth-order valence-corrected chi connectivity index (χ4v) is 3.68. The van der Waals surface area contributed by atoms with Crippen LogP contribution in [0.2, 0.25) is 0 Å². The van der Waals surface area contributed by atoms with Gasteiger partial charge in [-0.3, -0.25) is 4.79 Å². The first-order chi connectivity index (χ1) is 11.2. The number of carbonyl (C=O) groups excluding carboxylic acids is 1. The van der Waals surface area contributed by atoms with Crippen molar-refractivity contribution in [2.75, 3.05) is 24.5 Å². The van der Waals surface area contributed by atoms with Crippen molar-refractivity contribution in [3.05, 3.63) is 65.5 Å². The fraction of sp³-hybridized carbons (Fsp3) is 0.316. The number of carbonyl (C=O) groups is 1. The Bertz CT molecular complexity index is 728. The van der Waals surface area contributed by atoms with Gasteiger partial charge in [-0.2, -0.15) is 0 Å². The van der Waals surface area contributed by atoms with Crippen molar-refractivity contribution >= 4 is 11.6 Å². The van der Waals surface area contributed by atoms with Crippen LogP contribution in [-0.4, -0.2) is 36.5 Å². The van der Waals surface area contributed by atoms with E-state index in [1.165, 1.54) is 23.4 Å². The largest absolute Gasteiger partial charge is 0.364 e. The van der Waals surface area contributed by atoms with Crippen molar-refractivity contribution in [2.24, 2.45) is 0 Å². The maximum absolute atomic E-state index is 13.0. The van der Waals surface area contributed by atoms with Gasteiger partial charge < -0.3 is 9.80 Å². The quantitative estimate of drug-likeness (QED) is 0.851. The molecule has 118 valence electrons. The van der Waals surface area contributed by atoms with Crippen LogP contribution in [0.5, 0.6) is 0 Å². The number of benzene rings is 2. The molecule has 2 aromatic rings. The third kappa shape index (κ3) is 2.69. The molecule has 4 heteroatoms. The van der Waals surface area contributed by atoms with Crippen LogP contribution in [-0.2, 0) is 17.6 Å². The summed E-state index contributed by atoms with van der Waals surface area (Å²) < 4.78 is 13.0. The average Bonchev–Trinajstić information content (AvgIpc) is 2.94. The Morgan fingerprint density at radius 2 is 1.87 bits per heavy atom. The van der Waals surface area contributed by atoms with Crippen molar-refractivity contribution < 1.29 is 9.18 Å². The molecule has 3 nitrogen and oxygen atoms in total. The van der Waals surface area contributed by atoms with E-state index >= 15 is 0 Å². The van der Waals surface area contributed by atoms with Crippen LogP contribution < -0.4 is 4.90 Å². The normalized spacial score (nSPS) is 19.4. The molecule has 0 aromatic heterocycles. The van der Waals surface area contributed by atoms with Gasteiger partial charge in [0.2, 0.25) is 5.91 Å². The maximum Gasteiger partial charge on any atom is 0.227 e. The number of anilines is 1. The van der Waals surface area contributed by atoms with E-state index in [0.29, 0.717) is 12.5 Å². The molecule has 1 saturated heterocycles. The van der Waals surface area contributed by atoms with Crippen LogP contribution in [0.4, 0.5) is 10.1 Å². The molecule has 2 heterocycles. The van der Waals surface area contributed by atoms with Crippen molar-refractivity contribution in [3.63, 3.8) is 0 Å². The average molecular weight is 310 g/mol. The molecule has 0 saturated carbocycles. The fourth-order valence-electron chi connectivity index (χ4n) is 3.68. The lowest BCUT2D eigenvalue weighted by Gasteiger charge is -2.39. The molecule has 4 rings (SSSR count). The number of hydrogen-bond donors (Lipinski definition) is 0. The maximum atomic E-state index is 13.0. The molecule has 2 aliphatic rings. The van der Waals surface area contributed by atoms with Gasteiger partial charge in [-0.25, -0.2) is 4.39 Å². The summed E-state index contributed by atoms with van der Waals surface area (Å²) in [7, 11) is 0. The molecular formula is C19H19FN2O. The van der Waals surface area contributed by atoms with E-state index < -0.39 is 0 Å². The lowest BCUT2D eigenvalue weighted by Crippen LogP contribution is -2.53. The Kier molecular flexibility index (Phi) is 3.52. The molecule has 0 radical (unpaired) electrons. The van der Waals surface area contributed by atoms with Crippen LogP contribution in [0, 0.1) is 5.82 Å². The van der Waals surface area contributed by atoms with E-state index in [-0.39, 0.29) is 11.7 Å². The summed E-state index contributed by atoms with van der Waals surface area (Å²) in [5, 5.41) is 0. The number of rotatable bonds is 2. The number of para-hydroxylation sites is 1. The van der Waals surface area contributed by atoms with Crippen LogP contribution >= 0.6 is 0 Å². The number of halogens is 1. The smallest absolute Gasteiger partial charge is 0.227 e. The third-order valence-electron chi connectivity index (χ3n) is 4.86. The zero-order valence-corrected chi connectivity index (χ0v) is 12.9. The molecule has 0 N–H and O–H groups in total. The summed E-state index contributed by atoms with van der Waals surface area (Å²) in [6, 6.07) is 15.1. The van der Waals surface area contributed by atoms with Gasteiger partial charge in [-0.1, -0.05) is 30.3 Å². The molecule has 0 bridgehead atoms. The van der Waals surface area contributed by atoms with Gasteiger partial charge in [0.05, 0.1) is 12.5 Å². The SMILES string of the molecule is O=C(Cc1ccc(F)cc1)N1CCN2c3ccccc3CC2C1. The lowest BCUT2D eigenvalue weighted by atomic mass is 10.1. The molecule has 1 unspecified atom stereocenters. The minimum atomic E-state index is -0.265. The molecule has 1 atom stereocenters. The van der Waals surface area contributed by atoms with Gasteiger partial charge >= 0.3 is 0 Å². The Morgan fingerprint density at radius 1 is 1.09 bits per heavy atom. The first-order valence-corrected chi connectivity index (χ1v) is 8.07. The first-order valence-electron chi connectivity index (χ1n) is 8.07. The molecule has 23 heavy (non-hydrogen) atoms. The van der Waals surface area contributed by atoms with Crippen LogP contribution in [0.3, 0.4) is 0 Å². The minimum Gasteiger partial charge on any atom is -0.364 e. The summed E-state index contributed by atoms with van der Waals surface area (Å²) in [4.78, 5) is 16.9. The van der Waals surface area contributed by atoms with E-state index in [2.05, 4.69) is 29.2 Å². The highest BCUT2D eigenvalue weighted by Crippen LogP contribution is 2.33. The van der Waals surface area contributed by atoms with Crippen LogP contribution in [0.25, 0.3) is 0 Å². The summed E-state index contributed by atoms with van der Waals surface area (Å²) in [6.07, 6.45) is 1.36. The molecule has 1 fully saturated rings. The predicted octanol–water partition coefficient (Wildman–Crippen LogP) is 2.64. The minimum absolute atomic E-state index is 0.132. The number of hydrogen-bond acceptors (Lipinski definition) is 2. The standard InChI is InChI=1S/C19H19FN2O/c20-16-7-5-14(6-8-16)11-19(23)21-9-10-22-17(13-21)12-15-3-1-2-4-18(15)22/h1-8,17H,9-13H2. The van der Waals surface area contributed by atoms with Gasteiger partial charge in [0.25, 0.3) is 0 Å². The van der Waals surface area contributed by atoms with E-state index in [1.54, 1.807) is 12.1 Å². The lowest BCUT2D eigenvalue weighted by molar-refractivity contribution is -0.131. The number of fused-ring (bicyclic) bond motifs is 3. The molecule has 2 aromatic carbocycles. The summed E-state index contributed by atoms with van der Waals surface area (Å²) in [6.45, 7) is 2.41. The van der Waals surface area contributed by atoms with Gasteiger partial charge in [-0.05, 0) is 35.7 Å². The summed E-state index contributed by atoms with van der Waals surface area (Å²) in [5.41, 5.74) is 3.57. The van der Waals surface area contributed by atoms with Gasteiger partial charge in [0, 0.05) is 25.3 Å². The van der Waals surface area contributed by atoms with Crippen molar-refractivity contribution in [1.29, 1.82) is 0 Å². The molecule has 0 spiro atoms. The monoisotopic (exact) mass is 310 g/mol. The molecule has 1 amide bonds. The van der Waals surface area contributed by atoms with E-state index in [0.717, 1.165) is 31.6 Å². The van der Waals surface area contributed by atoms with Gasteiger partial charge in [0.1, 0.15) is 5.82 Å². The Morgan fingerprint density at radius 3 is 2.70 bits per heavy atom.